The molecule has 6 nitrogen and oxygen atoms in total. The van der Waals surface area contributed by atoms with E-state index in [0.29, 0.717) is 45.5 Å². The van der Waals surface area contributed by atoms with Crippen LogP contribution in [-0.2, 0) is 14.4 Å². The van der Waals surface area contributed by atoms with Crippen LogP contribution in [0.4, 0.5) is 5.69 Å². The second-order valence-electron chi connectivity index (χ2n) is 9.28. The number of nitrogens with zero attached hydrogens (tertiary/aromatic N) is 1. The number of carbonyl (C=O) groups excluding carboxylic acids is 3. The fourth-order valence-corrected chi connectivity index (χ4v) is 6.84. The van der Waals surface area contributed by atoms with Crippen LogP contribution in [0.5, 0.6) is 5.75 Å². The van der Waals surface area contributed by atoms with Gasteiger partial charge in [0.1, 0.15) is 5.75 Å². The second kappa shape index (κ2) is 10.3. The maximum absolute atomic E-state index is 13.3. The fraction of sp³-hybridized carbons (Fsp3) is 0.321. The average Bonchev–Trinajstić information content (AvgIpc) is 2.85. The van der Waals surface area contributed by atoms with E-state index in [1.54, 1.807) is 0 Å². The van der Waals surface area contributed by atoms with Crippen molar-refractivity contribution < 1.29 is 19.1 Å². The van der Waals surface area contributed by atoms with Crippen LogP contribution in [0.1, 0.15) is 50.0 Å². The Hall–Kier alpha value is -2.71. The van der Waals surface area contributed by atoms with Crippen molar-refractivity contribution in [2.75, 3.05) is 19.0 Å². The van der Waals surface area contributed by atoms with Gasteiger partial charge in [-0.3, -0.25) is 14.4 Å². The van der Waals surface area contributed by atoms with Crippen LogP contribution in [0.15, 0.2) is 74.0 Å². The number of ether oxygens (including phenoxy) is 1. The fourth-order valence-electron chi connectivity index (χ4n) is 5.47. The summed E-state index contributed by atoms with van der Waals surface area (Å²) in [5, 5.41) is 2.83. The van der Waals surface area contributed by atoms with E-state index in [-0.39, 0.29) is 24.1 Å². The highest BCUT2D eigenvalue weighted by Crippen LogP contribution is 2.51. The molecule has 3 aliphatic rings. The first-order valence-corrected chi connectivity index (χ1v) is 13.7. The number of Topliss-reactive ketones (excluding diaryl/α,β-unsaturated/α-hetero) is 2. The Morgan fingerprint density at radius 3 is 2.19 bits per heavy atom. The molecule has 0 unspecified atom stereocenters. The molecule has 2 aromatic rings. The number of hydrogen-bond acceptors (Lipinski definition) is 5. The normalized spacial score (nSPS) is 18.2. The summed E-state index contributed by atoms with van der Waals surface area (Å²) >= 11 is 7.18. The quantitative estimate of drug-likeness (QED) is 0.430. The van der Waals surface area contributed by atoms with Gasteiger partial charge < -0.3 is 15.0 Å². The summed E-state index contributed by atoms with van der Waals surface area (Å²) in [6, 6.07) is 12.9. The highest BCUT2D eigenvalue weighted by atomic mass is 79.9. The predicted octanol–water partition coefficient (Wildman–Crippen LogP) is 6.27. The molecule has 0 aromatic heterocycles. The van der Waals surface area contributed by atoms with Gasteiger partial charge in [-0.05, 0) is 65.9 Å². The lowest BCUT2D eigenvalue weighted by Crippen LogP contribution is -2.37. The van der Waals surface area contributed by atoms with Crippen LogP contribution < -0.4 is 10.1 Å². The second-order valence-corrected chi connectivity index (χ2v) is 11.0. The third kappa shape index (κ3) is 4.68. The molecule has 0 fully saturated rings. The Labute approximate surface area is 227 Å². The van der Waals surface area contributed by atoms with Crippen molar-refractivity contribution in [2.45, 2.75) is 44.4 Å². The van der Waals surface area contributed by atoms with Crippen molar-refractivity contribution in [1.29, 1.82) is 0 Å². The zero-order chi connectivity index (χ0) is 25.4. The first-order valence-electron chi connectivity index (χ1n) is 12.1. The minimum absolute atomic E-state index is 0.0712. The summed E-state index contributed by atoms with van der Waals surface area (Å²) in [6.45, 7) is -0.214. The number of ketones is 2. The van der Waals surface area contributed by atoms with E-state index in [9.17, 15) is 14.4 Å². The van der Waals surface area contributed by atoms with Crippen molar-refractivity contribution in [2.24, 2.45) is 0 Å². The molecule has 1 heterocycles. The van der Waals surface area contributed by atoms with E-state index < -0.39 is 5.92 Å². The average molecular weight is 614 g/mol. The van der Waals surface area contributed by atoms with Gasteiger partial charge in [-0.15, -0.1) is 0 Å². The number of halogens is 2. The van der Waals surface area contributed by atoms with E-state index in [2.05, 4.69) is 42.1 Å². The predicted molar refractivity (Wildman–Crippen MR) is 145 cm³/mol. The zero-order valence-electron chi connectivity index (χ0n) is 19.9. The van der Waals surface area contributed by atoms with E-state index in [1.165, 1.54) is 0 Å². The summed E-state index contributed by atoms with van der Waals surface area (Å²) in [5.41, 5.74) is 4.74. The lowest BCUT2D eigenvalue weighted by atomic mass is 9.71. The molecule has 0 spiro atoms. The Bertz CT molecular complexity index is 1270. The molecule has 1 aliphatic heterocycles. The van der Waals surface area contributed by atoms with Gasteiger partial charge in [0.25, 0.3) is 5.91 Å². The zero-order valence-corrected chi connectivity index (χ0v) is 23.1. The molecule has 0 bridgehead atoms. The van der Waals surface area contributed by atoms with Gasteiger partial charge in [0.05, 0.1) is 4.47 Å². The smallest absolute Gasteiger partial charge is 0.262 e. The molecule has 1 N–H and O–H groups in total. The Balaban J connectivity index is 1.57. The first-order chi connectivity index (χ1) is 17.3. The van der Waals surface area contributed by atoms with Crippen molar-refractivity contribution in [3.05, 3.63) is 79.5 Å². The molecule has 0 saturated heterocycles. The molecule has 0 atom stereocenters. The summed E-state index contributed by atoms with van der Waals surface area (Å²) in [5.74, 6) is -0.212. The molecule has 8 heteroatoms. The number of hydrogen-bond donors (Lipinski definition) is 1. The molecule has 0 saturated carbocycles. The number of benzene rings is 2. The van der Waals surface area contributed by atoms with E-state index >= 15 is 0 Å². The van der Waals surface area contributed by atoms with Gasteiger partial charge in [0.2, 0.25) is 0 Å². The van der Waals surface area contributed by atoms with Gasteiger partial charge in [-0.1, -0.05) is 34.1 Å². The van der Waals surface area contributed by atoms with Gasteiger partial charge >= 0.3 is 0 Å². The molecule has 1 amide bonds. The Morgan fingerprint density at radius 1 is 0.972 bits per heavy atom. The number of carbonyl (C=O) groups is 3. The lowest BCUT2D eigenvalue weighted by molar-refractivity contribution is -0.119. The van der Waals surface area contributed by atoms with Crippen molar-refractivity contribution >= 4 is 55.0 Å². The monoisotopic (exact) mass is 612 g/mol. The first kappa shape index (κ1) is 25.0. The SMILES string of the molecule is CN1C2=C(C(=O)CCC2)C(c2cc(Br)cc(Br)c2OCC(=O)Nc2ccccc2)C2=C1CCCC2=O. The van der Waals surface area contributed by atoms with Crippen LogP contribution in [0, 0.1) is 0 Å². The molecular formula is C28H26Br2N2O4. The molecule has 2 aliphatic carbocycles. The van der Waals surface area contributed by atoms with E-state index in [0.717, 1.165) is 41.6 Å². The summed E-state index contributed by atoms with van der Waals surface area (Å²) in [6.07, 6.45) is 4.12. The number of nitrogens with one attached hydrogen (secondary N) is 1. The van der Waals surface area contributed by atoms with Crippen LogP contribution >= 0.6 is 31.9 Å². The van der Waals surface area contributed by atoms with Gasteiger partial charge in [-0.2, -0.15) is 0 Å². The maximum Gasteiger partial charge on any atom is 0.262 e. The molecular weight excluding hydrogens is 588 g/mol. The highest BCUT2D eigenvalue weighted by Gasteiger charge is 2.43. The van der Waals surface area contributed by atoms with Crippen LogP contribution in [0.25, 0.3) is 0 Å². The minimum Gasteiger partial charge on any atom is -0.482 e. The number of para-hydroxylation sites is 1. The summed E-state index contributed by atoms with van der Waals surface area (Å²) in [7, 11) is 1.97. The largest absolute Gasteiger partial charge is 0.482 e. The minimum atomic E-state index is -0.521. The number of allylic oxidation sites excluding steroid dienone is 4. The van der Waals surface area contributed by atoms with E-state index in [1.807, 2.05) is 49.5 Å². The highest BCUT2D eigenvalue weighted by molar-refractivity contribution is 9.11. The molecule has 36 heavy (non-hydrogen) atoms. The Morgan fingerprint density at radius 2 is 1.58 bits per heavy atom. The van der Waals surface area contributed by atoms with Crippen molar-refractivity contribution in [3.63, 3.8) is 0 Å². The van der Waals surface area contributed by atoms with Crippen LogP contribution in [0.3, 0.4) is 0 Å². The standard InChI is InChI=1S/C28H26Br2N2O4/c1-32-20-9-5-11-22(33)26(20)25(27-21(32)10-6-12-23(27)34)18-13-16(29)14-19(30)28(18)36-15-24(35)31-17-7-3-2-4-8-17/h2-4,7-8,13-14,25H,5-6,9-12,15H2,1H3,(H,31,35). The lowest BCUT2D eigenvalue weighted by Gasteiger charge is -2.42. The topological polar surface area (TPSA) is 75.7 Å². The molecule has 2 aromatic carbocycles. The third-order valence-corrected chi connectivity index (χ3v) is 8.04. The van der Waals surface area contributed by atoms with Crippen molar-refractivity contribution in [3.8, 4) is 5.75 Å². The van der Waals surface area contributed by atoms with Crippen molar-refractivity contribution in [1.82, 2.24) is 4.90 Å². The summed E-state index contributed by atoms with van der Waals surface area (Å²) < 4.78 is 7.55. The number of rotatable bonds is 5. The molecule has 186 valence electrons. The maximum atomic E-state index is 13.3. The summed E-state index contributed by atoms with van der Waals surface area (Å²) in [4.78, 5) is 41.4. The van der Waals surface area contributed by atoms with Gasteiger partial charge in [0.15, 0.2) is 18.2 Å². The molecule has 5 rings (SSSR count). The number of anilines is 1. The Kier molecular flexibility index (Phi) is 7.17. The number of amides is 1. The van der Waals surface area contributed by atoms with Gasteiger partial charge in [0, 0.05) is 64.1 Å². The van der Waals surface area contributed by atoms with Crippen LogP contribution in [0.2, 0.25) is 0 Å². The third-order valence-electron chi connectivity index (χ3n) is 7.00. The van der Waals surface area contributed by atoms with E-state index in [4.69, 9.17) is 4.74 Å². The van der Waals surface area contributed by atoms with Gasteiger partial charge in [-0.25, -0.2) is 0 Å². The molecule has 0 radical (unpaired) electrons. The van der Waals surface area contributed by atoms with Crippen LogP contribution in [-0.4, -0.2) is 36.0 Å².